The minimum Gasteiger partial charge on any atom is -0.481 e. The molecule has 3 aromatic rings. The lowest BCUT2D eigenvalue weighted by molar-refractivity contribution is -0.141. The number of fused-ring (bicyclic) bond motifs is 2. The van der Waals surface area contributed by atoms with Crippen molar-refractivity contribution in [2.45, 2.75) is 27.2 Å². The number of carboxylic acids is 1. The Kier molecular flexibility index (Phi) is 3.32. The van der Waals surface area contributed by atoms with Gasteiger partial charge in [-0.3, -0.25) is 4.79 Å². The van der Waals surface area contributed by atoms with E-state index in [1.807, 2.05) is 26.0 Å². The van der Waals surface area contributed by atoms with Crippen LogP contribution in [0.4, 0.5) is 0 Å². The second-order valence-corrected chi connectivity index (χ2v) is 6.23. The first-order chi connectivity index (χ1) is 9.88. The number of benzene rings is 1. The number of rotatable bonds is 3. The largest absolute Gasteiger partial charge is 0.481 e. The van der Waals surface area contributed by atoms with Crippen LogP contribution in [0.15, 0.2) is 25.4 Å². The Morgan fingerprint density at radius 1 is 1.19 bits per heavy atom. The lowest BCUT2D eigenvalue weighted by Crippen LogP contribution is -2.12. The molecule has 110 valence electrons. The van der Waals surface area contributed by atoms with Crippen molar-refractivity contribution < 1.29 is 18.7 Å². The molecule has 0 aliphatic carbocycles. The Balaban J connectivity index is 2.36. The first kappa shape index (κ1) is 14.2. The third kappa shape index (κ3) is 2.25. The third-order valence-electron chi connectivity index (χ3n) is 3.68. The average molecular weight is 351 g/mol. The van der Waals surface area contributed by atoms with Crippen LogP contribution in [0.25, 0.3) is 21.9 Å². The van der Waals surface area contributed by atoms with Crippen molar-refractivity contribution in [2.75, 3.05) is 0 Å². The highest BCUT2D eigenvalue weighted by atomic mass is 79.9. The summed E-state index contributed by atoms with van der Waals surface area (Å²) in [6.45, 7) is 5.46. The van der Waals surface area contributed by atoms with Crippen LogP contribution in [-0.2, 0) is 11.2 Å². The third-order valence-corrected chi connectivity index (χ3v) is 4.46. The molecule has 3 rings (SSSR count). The van der Waals surface area contributed by atoms with Crippen molar-refractivity contribution in [3.8, 4) is 0 Å². The van der Waals surface area contributed by atoms with Gasteiger partial charge < -0.3 is 13.9 Å². The summed E-state index contributed by atoms with van der Waals surface area (Å²) in [5.74, 6) is 0.277. The van der Waals surface area contributed by atoms with E-state index in [1.54, 1.807) is 6.92 Å². The van der Waals surface area contributed by atoms with Gasteiger partial charge in [0.15, 0.2) is 0 Å². The van der Waals surface area contributed by atoms with Crippen molar-refractivity contribution in [2.24, 2.45) is 5.92 Å². The zero-order valence-electron chi connectivity index (χ0n) is 12.0. The second kappa shape index (κ2) is 4.91. The number of halogens is 1. The molecule has 0 aliphatic heterocycles. The predicted molar refractivity (Wildman–Crippen MR) is 83.7 cm³/mol. The lowest BCUT2D eigenvalue weighted by Gasteiger charge is -2.09. The summed E-state index contributed by atoms with van der Waals surface area (Å²) >= 11 is 3.57. The molecular weight excluding hydrogens is 336 g/mol. The summed E-state index contributed by atoms with van der Waals surface area (Å²) in [6, 6.07) is 3.87. The van der Waals surface area contributed by atoms with Gasteiger partial charge in [-0.25, -0.2) is 0 Å². The maximum atomic E-state index is 11.2. The zero-order chi connectivity index (χ0) is 15.3. The molecule has 5 heteroatoms. The van der Waals surface area contributed by atoms with Crippen molar-refractivity contribution >= 4 is 43.8 Å². The average Bonchev–Trinajstić information content (AvgIpc) is 2.97. The molecule has 4 nitrogen and oxygen atoms in total. The number of hydrogen-bond acceptors (Lipinski definition) is 3. The molecule has 0 saturated heterocycles. The minimum absolute atomic E-state index is 0.404. The predicted octanol–water partition coefficient (Wildman–Crippen LogP) is 4.82. The van der Waals surface area contributed by atoms with E-state index in [-0.39, 0.29) is 0 Å². The van der Waals surface area contributed by atoms with Gasteiger partial charge >= 0.3 is 5.97 Å². The highest BCUT2D eigenvalue weighted by molar-refractivity contribution is 9.10. The fraction of sp³-hybridized carbons (Fsp3) is 0.312. The summed E-state index contributed by atoms with van der Waals surface area (Å²) in [4.78, 5) is 11.2. The number of carbonyl (C=O) groups is 1. The molecule has 2 heterocycles. The number of carboxylic acid groups (broad SMARTS) is 1. The van der Waals surface area contributed by atoms with Crippen molar-refractivity contribution in [1.29, 1.82) is 0 Å². The van der Waals surface area contributed by atoms with Crippen molar-refractivity contribution in [1.82, 2.24) is 0 Å². The quantitative estimate of drug-likeness (QED) is 0.735. The molecule has 0 aliphatic rings. The number of furan rings is 2. The number of aliphatic carboxylic acids is 1. The van der Waals surface area contributed by atoms with Gasteiger partial charge in [-0.1, -0.05) is 6.92 Å². The maximum Gasteiger partial charge on any atom is 0.306 e. The highest BCUT2D eigenvalue weighted by Crippen LogP contribution is 2.40. The molecular formula is C16H15BrO4. The van der Waals surface area contributed by atoms with E-state index < -0.39 is 11.9 Å². The fourth-order valence-electron chi connectivity index (χ4n) is 2.64. The minimum atomic E-state index is -0.817. The molecule has 0 saturated carbocycles. The van der Waals surface area contributed by atoms with Gasteiger partial charge in [0.05, 0.1) is 10.4 Å². The summed E-state index contributed by atoms with van der Waals surface area (Å²) in [7, 11) is 0. The van der Waals surface area contributed by atoms with Crippen LogP contribution in [0.2, 0.25) is 0 Å². The fourth-order valence-corrected chi connectivity index (χ4v) is 3.23. The molecule has 21 heavy (non-hydrogen) atoms. The van der Waals surface area contributed by atoms with Gasteiger partial charge in [0.1, 0.15) is 22.7 Å². The van der Waals surface area contributed by atoms with E-state index in [2.05, 4.69) is 15.9 Å². The Hall–Kier alpha value is -1.75. The molecule has 0 amide bonds. The molecule has 0 spiro atoms. The molecule has 2 aromatic heterocycles. The summed E-state index contributed by atoms with van der Waals surface area (Å²) < 4.78 is 12.4. The zero-order valence-corrected chi connectivity index (χ0v) is 13.6. The highest BCUT2D eigenvalue weighted by Gasteiger charge is 2.22. The molecule has 0 fully saturated rings. The summed E-state index contributed by atoms with van der Waals surface area (Å²) in [6.07, 6.45) is 0.404. The molecule has 1 aromatic carbocycles. The topological polar surface area (TPSA) is 63.6 Å². The Labute approximate surface area is 129 Å². The lowest BCUT2D eigenvalue weighted by atomic mass is 9.96. The molecule has 0 radical (unpaired) electrons. The first-order valence-electron chi connectivity index (χ1n) is 6.72. The van der Waals surface area contributed by atoms with Crippen LogP contribution < -0.4 is 0 Å². The molecule has 1 N–H and O–H groups in total. The maximum absolute atomic E-state index is 11.2. The first-order valence-corrected chi connectivity index (χ1v) is 7.51. The van der Waals surface area contributed by atoms with Gasteiger partial charge in [0.2, 0.25) is 0 Å². The normalized spacial score (nSPS) is 13.1. The van der Waals surface area contributed by atoms with Crippen LogP contribution in [0.3, 0.4) is 0 Å². The van der Waals surface area contributed by atoms with Gasteiger partial charge in [-0.2, -0.15) is 0 Å². The van der Waals surface area contributed by atoms with Crippen LogP contribution in [0.5, 0.6) is 0 Å². The van der Waals surface area contributed by atoms with E-state index in [0.29, 0.717) is 6.42 Å². The van der Waals surface area contributed by atoms with Gasteiger partial charge in [-0.15, -0.1) is 0 Å². The van der Waals surface area contributed by atoms with E-state index >= 15 is 0 Å². The van der Waals surface area contributed by atoms with Crippen LogP contribution in [0.1, 0.15) is 24.0 Å². The number of hydrogen-bond donors (Lipinski definition) is 1. The molecule has 1 atom stereocenters. The molecule has 1 unspecified atom stereocenters. The number of aryl methyl sites for hydroxylation is 2. The monoisotopic (exact) mass is 350 g/mol. The van der Waals surface area contributed by atoms with Crippen LogP contribution >= 0.6 is 15.9 Å². The van der Waals surface area contributed by atoms with Crippen molar-refractivity contribution in [3.63, 3.8) is 0 Å². The standard InChI is InChI=1S/C16H15BrO4/c1-7(16(18)19)4-10-11-5-8(2)21-15(11)13(17)12-6-9(3)20-14(10)12/h5-7H,4H2,1-3H3,(H,18,19). The van der Waals surface area contributed by atoms with Gasteiger partial charge in [-0.05, 0) is 48.3 Å². The smallest absolute Gasteiger partial charge is 0.306 e. The Morgan fingerprint density at radius 2 is 1.76 bits per heavy atom. The summed E-state index contributed by atoms with van der Waals surface area (Å²) in [5, 5.41) is 11.0. The van der Waals surface area contributed by atoms with Crippen LogP contribution in [0, 0.1) is 19.8 Å². The van der Waals surface area contributed by atoms with Crippen molar-refractivity contribution in [3.05, 3.63) is 33.7 Å². The second-order valence-electron chi connectivity index (χ2n) is 5.44. The van der Waals surface area contributed by atoms with E-state index in [0.717, 1.165) is 43.5 Å². The van der Waals surface area contributed by atoms with Crippen LogP contribution in [-0.4, -0.2) is 11.1 Å². The van der Waals surface area contributed by atoms with Gasteiger partial charge in [0, 0.05) is 16.3 Å². The van der Waals surface area contributed by atoms with E-state index in [4.69, 9.17) is 8.83 Å². The Bertz CT molecular complexity index is 799. The Morgan fingerprint density at radius 3 is 2.38 bits per heavy atom. The van der Waals surface area contributed by atoms with E-state index in [9.17, 15) is 9.90 Å². The molecule has 0 bridgehead atoms. The SMILES string of the molecule is Cc1cc2c(CC(C)C(=O)O)c3oc(C)cc3c(Br)c2o1. The van der Waals surface area contributed by atoms with Gasteiger partial charge in [0.25, 0.3) is 0 Å². The van der Waals surface area contributed by atoms with E-state index in [1.165, 1.54) is 0 Å². The summed E-state index contributed by atoms with van der Waals surface area (Å²) in [5.41, 5.74) is 2.37.